The van der Waals surface area contributed by atoms with Gasteiger partial charge < -0.3 is 4.74 Å². The SMILES string of the molecule is Cc1cccc(Oc2nc3ccccc3cc2CBr)c1C. The van der Waals surface area contributed by atoms with Gasteiger partial charge in [-0.2, -0.15) is 0 Å². The Bertz CT molecular complexity index is 798. The Morgan fingerprint density at radius 3 is 2.67 bits per heavy atom. The van der Waals surface area contributed by atoms with Crippen molar-refractivity contribution in [2.75, 3.05) is 0 Å². The van der Waals surface area contributed by atoms with E-state index in [4.69, 9.17) is 4.74 Å². The summed E-state index contributed by atoms with van der Waals surface area (Å²) in [4.78, 5) is 4.66. The highest BCUT2D eigenvalue weighted by Gasteiger charge is 2.10. The summed E-state index contributed by atoms with van der Waals surface area (Å²) in [5, 5.41) is 1.84. The van der Waals surface area contributed by atoms with Gasteiger partial charge in [-0.3, -0.25) is 0 Å². The van der Waals surface area contributed by atoms with Gasteiger partial charge in [0, 0.05) is 16.3 Å². The van der Waals surface area contributed by atoms with Crippen molar-refractivity contribution < 1.29 is 4.74 Å². The van der Waals surface area contributed by atoms with Crippen LogP contribution < -0.4 is 4.74 Å². The lowest BCUT2D eigenvalue weighted by Crippen LogP contribution is -1.96. The first-order valence-electron chi connectivity index (χ1n) is 6.87. The first-order chi connectivity index (χ1) is 10.2. The number of nitrogens with zero attached hydrogens (tertiary/aromatic N) is 1. The summed E-state index contributed by atoms with van der Waals surface area (Å²) in [7, 11) is 0. The molecular formula is C18H16BrNO. The Hall–Kier alpha value is -1.87. The molecule has 106 valence electrons. The number of aromatic nitrogens is 1. The van der Waals surface area contributed by atoms with E-state index in [-0.39, 0.29) is 0 Å². The molecule has 3 aromatic rings. The summed E-state index contributed by atoms with van der Waals surface area (Å²) in [5.74, 6) is 1.53. The third-order valence-electron chi connectivity index (χ3n) is 3.67. The van der Waals surface area contributed by atoms with Crippen LogP contribution in [0.4, 0.5) is 0 Å². The van der Waals surface area contributed by atoms with Crippen LogP contribution >= 0.6 is 15.9 Å². The zero-order chi connectivity index (χ0) is 14.8. The second-order valence-electron chi connectivity index (χ2n) is 5.08. The number of aryl methyl sites for hydroxylation is 1. The van der Waals surface area contributed by atoms with Crippen LogP contribution in [-0.2, 0) is 5.33 Å². The fraction of sp³-hybridized carbons (Fsp3) is 0.167. The highest BCUT2D eigenvalue weighted by molar-refractivity contribution is 9.08. The molecule has 0 aliphatic rings. The van der Waals surface area contributed by atoms with E-state index in [2.05, 4.69) is 53.0 Å². The molecule has 3 rings (SSSR count). The van der Waals surface area contributed by atoms with Gasteiger partial charge in [0.15, 0.2) is 0 Å². The Kier molecular flexibility index (Phi) is 3.93. The van der Waals surface area contributed by atoms with E-state index in [0.29, 0.717) is 11.2 Å². The Labute approximate surface area is 132 Å². The summed E-state index contributed by atoms with van der Waals surface area (Å²) in [6.07, 6.45) is 0. The Balaban J connectivity index is 2.09. The second kappa shape index (κ2) is 5.86. The third kappa shape index (κ3) is 2.79. The lowest BCUT2D eigenvalue weighted by molar-refractivity contribution is 0.457. The summed E-state index contributed by atoms with van der Waals surface area (Å²) in [6, 6.07) is 16.3. The zero-order valence-corrected chi connectivity index (χ0v) is 13.6. The van der Waals surface area contributed by atoms with Gasteiger partial charge in [0.25, 0.3) is 0 Å². The van der Waals surface area contributed by atoms with Crippen LogP contribution in [0, 0.1) is 13.8 Å². The van der Waals surface area contributed by atoms with Crippen molar-refractivity contribution in [2.45, 2.75) is 19.2 Å². The molecule has 1 aromatic heterocycles. The summed E-state index contributed by atoms with van der Waals surface area (Å²) in [6.45, 7) is 4.15. The number of fused-ring (bicyclic) bond motifs is 1. The second-order valence-corrected chi connectivity index (χ2v) is 5.64. The predicted molar refractivity (Wildman–Crippen MR) is 90.4 cm³/mol. The van der Waals surface area contributed by atoms with Crippen LogP contribution in [0.15, 0.2) is 48.5 Å². The molecule has 3 heteroatoms. The number of halogens is 1. The third-order valence-corrected chi connectivity index (χ3v) is 4.27. The van der Waals surface area contributed by atoms with Crippen molar-refractivity contribution >= 4 is 26.8 Å². The number of hydrogen-bond acceptors (Lipinski definition) is 2. The van der Waals surface area contributed by atoms with E-state index >= 15 is 0 Å². The number of para-hydroxylation sites is 1. The Morgan fingerprint density at radius 1 is 1.05 bits per heavy atom. The van der Waals surface area contributed by atoms with Crippen molar-refractivity contribution in [2.24, 2.45) is 0 Å². The van der Waals surface area contributed by atoms with E-state index in [1.165, 1.54) is 5.56 Å². The largest absolute Gasteiger partial charge is 0.438 e. The van der Waals surface area contributed by atoms with Crippen molar-refractivity contribution in [1.82, 2.24) is 4.98 Å². The smallest absolute Gasteiger partial charge is 0.223 e. The van der Waals surface area contributed by atoms with Crippen molar-refractivity contribution in [3.05, 3.63) is 65.2 Å². The lowest BCUT2D eigenvalue weighted by atomic mass is 10.1. The number of ether oxygens (including phenoxy) is 1. The van der Waals surface area contributed by atoms with E-state index in [0.717, 1.165) is 27.8 Å². The first-order valence-corrected chi connectivity index (χ1v) is 8.00. The molecule has 2 aromatic carbocycles. The molecule has 0 aliphatic heterocycles. The topological polar surface area (TPSA) is 22.1 Å². The monoisotopic (exact) mass is 341 g/mol. The minimum Gasteiger partial charge on any atom is -0.438 e. The number of pyridine rings is 1. The molecule has 0 saturated heterocycles. The predicted octanol–water partition coefficient (Wildman–Crippen LogP) is 5.54. The number of rotatable bonds is 3. The number of alkyl halides is 1. The van der Waals surface area contributed by atoms with Gasteiger partial charge in [-0.25, -0.2) is 4.98 Å². The van der Waals surface area contributed by atoms with Crippen molar-refractivity contribution in [1.29, 1.82) is 0 Å². The van der Waals surface area contributed by atoms with E-state index in [9.17, 15) is 0 Å². The normalized spacial score (nSPS) is 10.8. The van der Waals surface area contributed by atoms with Crippen LogP contribution in [0.2, 0.25) is 0 Å². The molecule has 0 spiro atoms. The fourth-order valence-corrected chi connectivity index (χ4v) is 2.67. The van der Waals surface area contributed by atoms with Crippen LogP contribution in [0.5, 0.6) is 11.6 Å². The van der Waals surface area contributed by atoms with Crippen molar-refractivity contribution in [3.8, 4) is 11.6 Å². The van der Waals surface area contributed by atoms with E-state index in [1.54, 1.807) is 0 Å². The van der Waals surface area contributed by atoms with Gasteiger partial charge >= 0.3 is 0 Å². The maximum absolute atomic E-state index is 6.08. The molecule has 0 saturated carbocycles. The molecule has 0 N–H and O–H groups in total. The quantitative estimate of drug-likeness (QED) is 0.583. The fourth-order valence-electron chi connectivity index (χ4n) is 2.27. The molecule has 0 aliphatic carbocycles. The molecule has 21 heavy (non-hydrogen) atoms. The van der Waals surface area contributed by atoms with Gasteiger partial charge in [-0.05, 0) is 43.2 Å². The molecule has 0 atom stereocenters. The standard InChI is InChI=1S/C18H16BrNO/c1-12-6-5-9-17(13(12)2)21-18-15(11-19)10-14-7-3-4-8-16(14)20-18/h3-10H,11H2,1-2H3. The van der Waals surface area contributed by atoms with Crippen LogP contribution in [0.25, 0.3) is 10.9 Å². The molecule has 0 fully saturated rings. The van der Waals surface area contributed by atoms with Crippen LogP contribution in [0.1, 0.15) is 16.7 Å². The van der Waals surface area contributed by atoms with Crippen LogP contribution in [-0.4, -0.2) is 4.98 Å². The lowest BCUT2D eigenvalue weighted by Gasteiger charge is -2.13. The first kappa shape index (κ1) is 14.1. The van der Waals surface area contributed by atoms with Gasteiger partial charge in [0.1, 0.15) is 5.75 Å². The number of benzene rings is 2. The van der Waals surface area contributed by atoms with Gasteiger partial charge in [0.05, 0.1) is 5.52 Å². The van der Waals surface area contributed by atoms with E-state index < -0.39 is 0 Å². The van der Waals surface area contributed by atoms with Gasteiger partial charge in [-0.1, -0.05) is 46.3 Å². The van der Waals surface area contributed by atoms with Gasteiger partial charge in [0.2, 0.25) is 5.88 Å². The average molecular weight is 342 g/mol. The highest BCUT2D eigenvalue weighted by atomic mass is 79.9. The molecular weight excluding hydrogens is 326 g/mol. The summed E-state index contributed by atoms with van der Waals surface area (Å²) < 4.78 is 6.08. The molecule has 2 nitrogen and oxygen atoms in total. The molecule has 1 heterocycles. The van der Waals surface area contributed by atoms with Crippen molar-refractivity contribution in [3.63, 3.8) is 0 Å². The maximum Gasteiger partial charge on any atom is 0.223 e. The maximum atomic E-state index is 6.08. The summed E-state index contributed by atoms with van der Waals surface area (Å²) >= 11 is 3.52. The zero-order valence-electron chi connectivity index (χ0n) is 12.1. The summed E-state index contributed by atoms with van der Waals surface area (Å²) in [5.41, 5.74) is 4.36. The molecule has 0 unspecified atom stereocenters. The number of hydrogen-bond donors (Lipinski definition) is 0. The minimum atomic E-state index is 0.666. The molecule has 0 amide bonds. The molecule has 0 bridgehead atoms. The molecule has 0 radical (unpaired) electrons. The average Bonchev–Trinajstić information content (AvgIpc) is 2.51. The van der Waals surface area contributed by atoms with Crippen LogP contribution in [0.3, 0.4) is 0 Å². The Morgan fingerprint density at radius 2 is 1.86 bits per heavy atom. The van der Waals surface area contributed by atoms with E-state index in [1.807, 2.05) is 30.3 Å². The minimum absolute atomic E-state index is 0.666. The van der Waals surface area contributed by atoms with Gasteiger partial charge in [-0.15, -0.1) is 0 Å². The highest BCUT2D eigenvalue weighted by Crippen LogP contribution is 2.31.